The molecule has 0 aliphatic rings. The SMILES string of the molecule is CC(C)(CCCNc1cccc(Cl)c1Cl)C(N)=NO. The summed E-state index contributed by atoms with van der Waals surface area (Å²) < 4.78 is 0. The molecule has 1 aromatic carbocycles. The van der Waals surface area contributed by atoms with Crippen molar-refractivity contribution in [2.45, 2.75) is 26.7 Å². The molecule has 0 aromatic heterocycles. The van der Waals surface area contributed by atoms with Gasteiger partial charge in [-0.15, -0.1) is 0 Å². The Hall–Kier alpha value is -1.13. The fraction of sp³-hybridized carbons (Fsp3) is 0.462. The third-order valence-corrected chi connectivity index (χ3v) is 3.87. The first-order chi connectivity index (χ1) is 8.88. The highest BCUT2D eigenvalue weighted by molar-refractivity contribution is 6.43. The van der Waals surface area contributed by atoms with Gasteiger partial charge in [-0.25, -0.2) is 0 Å². The number of anilines is 1. The lowest BCUT2D eigenvalue weighted by molar-refractivity contribution is 0.305. The van der Waals surface area contributed by atoms with E-state index in [2.05, 4.69) is 10.5 Å². The van der Waals surface area contributed by atoms with Gasteiger partial charge in [0.1, 0.15) is 5.84 Å². The van der Waals surface area contributed by atoms with Gasteiger partial charge in [-0.3, -0.25) is 0 Å². The number of hydrogen-bond acceptors (Lipinski definition) is 3. The molecule has 0 heterocycles. The Morgan fingerprint density at radius 3 is 2.74 bits per heavy atom. The molecule has 0 bridgehead atoms. The summed E-state index contributed by atoms with van der Waals surface area (Å²) in [5.74, 6) is 0.244. The number of nitrogens with two attached hydrogens (primary N) is 1. The summed E-state index contributed by atoms with van der Waals surface area (Å²) in [6.45, 7) is 4.62. The summed E-state index contributed by atoms with van der Waals surface area (Å²) in [6.07, 6.45) is 1.67. The molecule has 0 radical (unpaired) electrons. The van der Waals surface area contributed by atoms with Crippen molar-refractivity contribution in [3.05, 3.63) is 28.2 Å². The van der Waals surface area contributed by atoms with E-state index in [0.29, 0.717) is 10.0 Å². The number of halogens is 2. The zero-order chi connectivity index (χ0) is 14.5. The predicted octanol–water partition coefficient (Wildman–Crippen LogP) is 3.96. The Labute approximate surface area is 123 Å². The minimum absolute atomic E-state index is 0.244. The Kier molecular flexibility index (Phi) is 5.76. The van der Waals surface area contributed by atoms with Gasteiger partial charge in [-0.05, 0) is 25.0 Å². The summed E-state index contributed by atoms with van der Waals surface area (Å²) in [7, 11) is 0. The average molecular weight is 304 g/mol. The molecule has 0 aliphatic carbocycles. The lowest BCUT2D eigenvalue weighted by atomic mass is 9.86. The van der Waals surface area contributed by atoms with Crippen molar-refractivity contribution in [1.29, 1.82) is 0 Å². The maximum atomic E-state index is 8.69. The zero-order valence-corrected chi connectivity index (χ0v) is 12.6. The van der Waals surface area contributed by atoms with Gasteiger partial charge < -0.3 is 16.3 Å². The van der Waals surface area contributed by atoms with Gasteiger partial charge in [-0.2, -0.15) is 0 Å². The number of oxime groups is 1. The van der Waals surface area contributed by atoms with Crippen LogP contribution in [0.4, 0.5) is 5.69 Å². The van der Waals surface area contributed by atoms with Gasteiger partial charge in [0.25, 0.3) is 0 Å². The number of nitrogens with one attached hydrogen (secondary N) is 1. The van der Waals surface area contributed by atoms with Crippen LogP contribution in [0.15, 0.2) is 23.4 Å². The molecule has 0 saturated heterocycles. The molecule has 1 rings (SSSR count). The van der Waals surface area contributed by atoms with Gasteiger partial charge in [0, 0.05) is 12.0 Å². The first-order valence-corrected chi connectivity index (χ1v) is 6.80. The fourth-order valence-corrected chi connectivity index (χ4v) is 2.02. The van der Waals surface area contributed by atoms with Crippen LogP contribution in [0.25, 0.3) is 0 Å². The van der Waals surface area contributed by atoms with E-state index < -0.39 is 0 Å². The fourth-order valence-electron chi connectivity index (χ4n) is 1.66. The van der Waals surface area contributed by atoms with Crippen molar-refractivity contribution in [2.75, 3.05) is 11.9 Å². The van der Waals surface area contributed by atoms with Crippen molar-refractivity contribution in [3.8, 4) is 0 Å². The molecule has 19 heavy (non-hydrogen) atoms. The van der Waals surface area contributed by atoms with Gasteiger partial charge in [0.2, 0.25) is 0 Å². The van der Waals surface area contributed by atoms with Crippen molar-refractivity contribution < 1.29 is 5.21 Å². The molecule has 0 saturated carbocycles. The van der Waals surface area contributed by atoms with Gasteiger partial charge in [0.15, 0.2) is 0 Å². The summed E-state index contributed by atoms with van der Waals surface area (Å²) in [6, 6.07) is 5.47. The molecule has 0 aliphatic heterocycles. The van der Waals surface area contributed by atoms with Crippen molar-refractivity contribution in [1.82, 2.24) is 0 Å². The highest BCUT2D eigenvalue weighted by Crippen LogP contribution is 2.29. The molecule has 0 atom stereocenters. The van der Waals surface area contributed by atoms with E-state index >= 15 is 0 Å². The second kappa shape index (κ2) is 6.87. The molecule has 0 amide bonds. The minimum atomic E-state index is -0.325. The van der Waals surface area contributed by atoms with E-state index in [1.807, 2.05) is 26.0 Å². The number of rotatable bonds is 6. The Morgan fingerprint density at radius 1 is 1.42 bits per heavy atom. The highest BCUT2D eigenvalue weighted by Gasteiger charge is 2.22. The monoisotopic (exact) mass is 303 g/mol. The smallest absolute Gasteiger partial charge is 0.144 e. The third kappa shape index (κ3) is 4.48. The van der Waals surface area contributed by atoms with Crippen molar-refractivity contribution in [2.24, 2.45) is 16.3 Å². The van der Waals surface area contributed by atoms with E-state index in [0.717, 1.165) is 25.1 Å². The summed E-state index contributed by atoms with van der Waals surface area (Å²) >= 11 is 12.0. The second-order valence-electron chi connectivity index (χ2n) is 5.00. The lowest BCUT2D eigenvalue weighted by Gasteiger charge is -2.22. The molecule has 4 nitrogen and oxygen atoms in total. The lowest BCUT2D eigenvalue weighted by Crippen LogP contribution is -2.32. The van der Waals surface area contributed by atoms with Crippen LogP contribution < -0.4 is 11.1 Å². The number of hydrogen-bond donors (Lipinski definition) is 3. The van der Waals surface area contributed by atoms with E-state index in [9.17, 15) is 0 Å². The maximum absolute atomic E-state index is 8.69. The minimum Gasteiger partial charge on any atom is -0.409 e. The second-order valence-corrected chi connectivity index (χ2v) is 5.79. The molecular weight excluding hydrogens is 285 g/mol. The van der Waals surface area contributed by atoms with Gasteiger partial charge in [0.05, 0.1) is 15.7 Å². The van der Waals surface area contributed by atoms with Gasteiger partial charge >= 0.3 is 0 Å². The van der Waals surface area contributed by atoms with Crippen LogP contribution in [0.1, 0.15) is 26.7 Å². The molecule has 0 fully saturated rings. The quantitative estimate of drug-likeness (QED) is 0.245. The van der Waals surface area contributed by atoms with E-state index in [1.165, 1.54) is 0 Å². The largest absolute Gasteiger partial charge is 0.409 e. The molecule has 106 valence electrons. The molecule has 0 unspecified atom stereocenters. The third-order valence-electron chi connectivity index (χ3n) is 3.05. The van der Waals surface area contributed by atoms with E-state index in [-0.39, 0.29) is 11.3 Å². The van der Waals surface area contributed by atoms with Crippen molar-refractivity contribution >= 4 is 34.7 Å². The molecule has 1 aromatic rings. The molecular formula is C13H19Cl2N3O. The summed E-state index contributed by atoms with van der Waals surface area (Å²) in [5.41, 5.74) is 6.12. The topological polar surface area (TPSA) is 70.6 Å². The summed E-state index contributed by atoms with van der Waals surface area (Å²) in [5, 5.41) is 16.0. The first-order valence-electron chi connectivity index (χ1n) is 6.04. The van der Waals surface area contributed by atoms with E-state index in [1.54, 1.807) is 6.07 Å². The molecule has 4 N–H and O–H groups in total. The number of benzene rings is 1. The average Bonchev–Trinajstić information content (AvgIpc) is 2.38. The first kappa shape index (κ1) is 15.9. The van der Waals surface area contributed by atoms with E-state index in [4.69, 9.17) is 34.1 Å². The zero-order valence-electron chi connectivity index (χ0n) is 11.1. The van der Waals surface area contributed by atoms with Crippen LogP contribution in [0.3, 0.4) is 0 Å². The Balaban J connectivity index is 2.46. The van der Waals surface area contributed by atoms with Crippen LogP contribution in [-0.2, 0) is 0 Å². The van der Waals surface area contributed by atoms with Gasteiger partial charge in [-0.1, -0.05) is 48.3 Å². The standard InChI is InChI=1S/C13H19Cl2N3O/c1-13(2,12(16)18-19)7-4-8-17-10-6-3-5-9(14)11(10)15/h3,5-6,17,19H,4,7-8H2,1-2H3,(H2,16,18). The highest BCUT2D eigenvalue weighted by atomic mass is 35.5. The molecule has 6 heteroatoms. The summed E-state index contributed by atoms with van der Waals surface area (Å²) in [4.78, 5) is 0. The molecule has 0 spiro atoms. The predicted molar refractivity (Wildman–Crippen MR) is 81.4 cm³/mol. The van der Waals surface area contributed by atoms with Crippen LogP contribution >= 0.6 is 23.2 Å². The van der Waals surface area contributed by atoms with Crippen LogP contribution in [0.2, 0.25) is 10.0 Å². The maximum Gasteiger partial charge on any atom is 0.144 e. The number of nitrogens with zero attached hydrogens (tertiary/aromatic N) is 1. The Bertz CT molecular complexity index is 461. The Morgan fingerprint density at radius 2 is 2.11 bits per heavy atom. The van der Waals surface area contributed by atoms with Crippen LogP contribution in [0.5, 0.6) is 0 Å². The number of amidine groups is 1. The van der Waals surface area contributed by atoms with Crippen molar-refractivity contribution in [3.63, 3.8) is 0 Å². The normalized spacial score (nSPS) is 12.5. The van der Waals surface area contributed by atoms with Crippen LogP contribution in [0, 0.1) is 5.41 Å². The van der Waals surface area contributed by atoms with Crippen LogP contribution in [-0.4, -0.2) is 17.6 Å².